The monoisotopic (exact) mass is 384 g/mol. The Morgan fingerprint density at radius 2 is 1.96 bits per heavy atom. The number of fused-ring (bicyclic) bond motifs is 2. The molecule has 2 heteroatoms. The van der Waals surface area contributed by atoms with Crippen molar-refractivity contribution in [3.05, 3.63) is 67.5 Å². The third-order valence-electron chi connectivity index (χ3n) is 6.09. The van der Waals surface area contributed by atoms with Gasteiger partial charge in [0.2, 0.25) is 0 Å². The molecule has 1 unspecified atom stereocenters. The van der Waals surface area contributed by atoms with Gasteiger partial charge in [-0.15, -0.1) is 0 Å². The predicted octanol–water partition coefficient (Wildman–Crippen LogP) is 6.70. The van der Waals surface area contributed by atoms with E-state index < -0.39 is 8.07 Å². The van der Waals surface area contributed by atoms with Gasteiger partial charge < -0.3 is 0 Å². The highest BCUT2D eigenvalue weighted by Crippen LogP contribution is 2.51. The van der Waals surface area contributed by atoms with Crippen LogP contribution in [0.1, 0.15) is 39.0 Å². The van der Waals surface area contributed by atoms with Gasteiger partial charge in [0.05, 0.1) is 0 Å². The van der Waals surface area contributed by atoms with Crippen LogP contribution in [0.3, 0.4) is 0 Å². The molecule has 4 aliphatic carbocycles. The Morgan fingerprint density at radius 3 is 2.70 bits per heavy atom. The Hall–Kier alpha value is -0.863. The van der Waals surface area contributed by atoms with Crippen LogP contribution in [0, 0.1) is 5.92 Å². The van der Waals surface area contributed by atoms with E-state index in [1.165, 1.54) is 30.2 Å². The molecular formula is C21H25BrSi. The third kappa shape index (κ3) is 2.37. The van der Waals surface area contributed by atoms with Gasteiger partial charge in [0.15, 0.2) is 0 Å². The van der Waals surface area contributed by atoms with E-state index >= 15 is 0 Å². The second-order valence-electron chi connectivity index (χ2n) is 7.81. The first-order valence-electron chi connectivity index (χ1n) is 8.89. The van der Waals surface area contributed by atoms with Crippen molar-refractivity contribution >= 4 is 24.0 Å². The first kappa shape index (κ1) is 15.7. The van der Waals surface area contributed by atoms with Crippen LogP contribution >= 0.6 is 15.9 Å². The van der Waals surface area contributed by atoms with E-state index in [1.54, 1.807) is 32.7 Å². The highest BCUT2D eigenvalue weighted by Gasteiger charge is 2.40. The zero-order valence-corrected chi connectivity index (χ0v) is 17.0. The second kappa shape index (κ2) is 5.60. The van der Waals surface area contributed by atoms with Gasteiger partial charge in [0.1, 0.15) is 8.07 Å². The quantitative estimate of drug-likeness (QED) is 0.464. The molecule has 4 aliphatic rings. The molecule has 0 saturated heterocycles. The topological polar surface area (TPSA) is 0 Å². The normalized spacial score (nSPS) is 27.0. The molecule has 0 nitrogen and oxygen atoms in total. The van der Waals surface area contributed by atoms with Gasteiger partial charge in [0.25, 0.3) is 0 Å². The van der Waals surface area contributed by atoms with E-state index in [1.807, 2.05) is 0 Å². The van der Waals surface area contributed by atoms with Crippen molar-refractivity contribution in [1.82, 2.24) is 0 Å². The van der Waals surface area contributed by atoms with E-state index in [9.17, 15) is 0 Å². The Kier molecular flexibility index (Phi) is 3.81. The van der Waals surface area contributed by atoms with Crippen molar-refractivity contribution in [2.24, 2.45) is 5.92 Å². The van der Waals surface area contributed by atoms with Crippen molar-refractivity contribution in [2.75, 3.05) is 0 Å². The molecule has 0 aromatic carbocycles. The minimum absolute atomic E-state index is 0.573. The van der Waals surface area contributed by atoms with Crippen LogP contribution in [0.25, 0.3) is 0 Å². The Balaban J connectivity index is 1.84. The molecule has 0 bridgehead atoms. The van der Waals surface area contributed by atoms with Crippen LogP contribution in [0.5, 0.6) is 0 Å². The highest BCUT2D eigenvalue weighted by atomic mass is 79.9. The standard InChI is InChI=1S/C21H25BrSi/c1-14-12-18-16-10-6-7-11-17(16)20(22)13-19(18)21(14)23(2,3)15-8-4-5-9-15/h4-5,8,12-13,18H,6-7,9-11H2,1-3H3. The Labute approximate surface area is 149 Å². The summed E-state index contributed by atoms with van der Waals surface area (Å²) in [6.45, 7) is 7.43. The summed E-state index contributed by atoms with van der Waals surface area (Å²) in [6, 6.07) is 0. The molecule has 0 spiro atoms. The van der Waals surface area contributed by atoms with Crippen molar-refractivity contribution < 1.29 is 0 Å². The van der Waals surface area contributed by atoms with Gasteiger partial charge in [-0.05, 0) is 61.4 Å². The largest absolute Gasteiger partial charge is 0.108 e. The zero-order valence-electron chi connectivity index (χ0n) is 14.4. The van der Waals surface area contributed by atoms with Gasteiger partial charge in [-0.1, -0.05) is 69.7 Å². The number of allylic oxidation sites excluding steroid dienone is 12. The highest BCUT2D eigenvalue weighted by molar-refractivity contribution is 9.12. The molecular weight excluding hydrogens is 360 g/mol. The van der Waals surface area contributed by atoms with Crippen LogP contribution in [0.2, 0.25) is 13.1 Å². The lowest BCUT2D eigenvalue weighted by Crippen LogP contribution is -2.33. The predicted molar refractivity (Wildman–Crippen MR) is 106 cm³/mol. The summed E-state index contributed by atoms with van der Waals surface area (Å²) in [5.41, 5.74) is 6.47. The maximum Gasteiger partial charge on any atom is 0.108 e. The molecule has 120 valence electrons. The maximum atomic E-state index is 3.90. The number of hydrogen-bond donors (Lipinski definition) is 0. The van der Waals surface area contributed by atoms with E-state index in [-0.39, 0.29) is 0 Å². The number of hydrogen-bond acceptors (Lipinski definition) is 0. The molecule has 4 rings (SSSR count). The van der Waals surface area contributed by atoms with Crippen molar-refractivity contribution in [3.63, 3.8) is 0 Å². The summed E-state index contributed by atoms with van der Waals surface area (Å²) in [4.78, 5) is 0. The fourth-order valence-electron chi connectivity index (χ4n) is 4.95. The molecule has 0 N–H and O–H groups in total. The van der Waals surface area contributed by atoms with Crippen LogP contribution in [0.15, 0.2) is 67.5 Å². The average Bonchev–Trinajstić information content (AvgIpc) is 3.15. The lowest BCUT2D eigenvalue weighted by molar-refractivity contribution is 0.637. The first-order valence-corrected chi connectivity index (χ1v) is 12.7. The SMILES string of the molecule is CC1=CC2C(=C1[Si](C)(C)C1=CC=CC1)C=C(Br)C1=C2CCCC1. The van der Waals surface area contributed by atoms with Gasteiger partial charge in [-0.2, -0.15) is 0 Å². The van der Waals surface area contributed by atoms with E-state index in [0.717, 1.165) is 6.42 Å². The minimum Gasteiger partial charge on any atom is -0.0809 e. The van der Waals surface area contributed by atoms with E-state index in [0.29, 0.717) is 5.92 Å². The summed E-state index contributed by atoms with van der Waals surface area (Å²) >= 11 is 3.90. The second-order valence-corrected chi connectivity index (χ2v) is 13.1. The lowest BCUT2D eigenvalue weighted by Gasteiger charge is -2.33. The molecule has 0 aromatic rings. The number of rotatable bonds is 2. The van der Waals surface area contributed by atoms with Crippen LogP contribution < -0.4 is 0 Å². The minimum atomic E-state index is -1.57. The lowest BCUT2D eigenvalue weighted by atomic mass is 9.78. The smallest absolute Gasteiger partial charge is 0.0809 e. The molecule has 0 aliphatic heterocycles. The Bertz CT molecular complexity index is 753. The molecule has 23 heavy (non-hydrogen) atoms. The van der Waals surface area contributed by atoms with Crippen molar-refractivity contribution in [2.45, 2.75) is 52.1 Å². The van der Waals surface area contributed by atoms with Gasteiger partial charge in [-0.25, -0.2) is 0 Å². The van der Waals surface area contributed by atoms with E-state index in [4.69, 9.17) is 0 Å². The molecule has 0 aromatic heterocycles. The summed E-state index contributed by atoms with van der Waals surface area (Å²) < 4.78 is 1.36. The van der Waals surface area contributed by atoms with Gasteiger partial charge >= 0.3 is 0 Å². The van der Waals surface area contributed by atoms with Crippen molar-refractivity contribution in [3.8, 4) is 0 Å². The third-order valence-corrected chi connectivity index (χ3v) is 10.7. The molecule has 0 radical (unpaired) electrons. The van der Waals surface area contributed by atoms with Crippen molar-refractivity contribution in [1.29, 1.82) is 0 Å². The molecule has 1 atom stereocenters. The summed E-state index contributed by atoms with van der Waals surface area (Å²) in [6.07, 6.45) is 18.4. The summed E-state index contributed by atoms with van der Waals surface area (Å²) in [5.74, 6) is 0.573. The summed E-state index contributed by atoms with van der Waals surface area (Å²) in [5, 5.41) is 3.38. The number of halogens is 1. The summed E-state index contributed by atoms with van der Waals surface area (Å²) in [7, 11) is -1.57. The van der Waals surface area contributed by atoms with Gasteiger partial charge in [-0.3, -0.25) is 0 Å². The van der Waals surface area contributed by atoms with Crippen LogP contribution in [-0.2, 0) is 0 Å². The first-order chi connectivity index (χ1) is 11.0. The average molecular weight is 385 g/mol. The van der Waals surface area contributed by atoms with Crippen LogP contribution in [-0.4, -0.2) is 8.07 Å². The molecule has 0 saturated carbocycles. The maximum absolute atomic E-state index is 3.90. The fourth-order valence-corrected chi connectivity index (χ4v) is 9.13. The van der Waals surface area contributed by atoms with Gasteiger partial charge in [0, 0.05) is 10.4 Å². The molecule has 0 amide bonds. The Morgan fingerprint density at radius 1 is 1.17 bits per heavy atom. The fraction of sp³-hybridized carbons (Fsp3) is 0.429. The van der Waals surface area contributed by atoms with E-state index in [2.05, 4.69) is 66.3 Å². The van der Waals surface area contributed by atoms with Crippen LogP contribution in [0.4, 0.5) is 0 Å². The molecule has 0 heterocycles. The molecule has 0 fully saturated rings. The zero-order chi connectivity index (χ0) is 16.2.